The van der Waals surface area contributed by atoms with Gasteiger partial charge in [-0.25, -0.2) is 0 Å². The number of methoxy groups -OCH3 is 2. The van der Waals surface area contributed by atoms with Gasteiger partial charge in [0.2, 0.25) is 6.79 Å². The topological polar surface area (TPSA) is 99.0 Å². The standard InChI is InChI=1S/C26H21IN2O6/c1-31-20-6-4-19(5-7-20)29-26(30)18(13-28)9-17-10-21(27)25(24(12-17)32-2)33-14-16-3-8-22-23(11-16)35-15-34-22/h3-12H,14-15H2,1-2H3,(H,29,30)/b18-9-. The van der Waals surface area contributed by atoms with Crippen LogP contribution in [0.3, 0.4) is 0 Å². The van der Waals surface area contributed by atoms with Crippen LogP contribution in [-0.4, -0.2) is 26.9 Å². The maximum absolute atomic E-state index is 12.6. The van der Waals surface area contributed by atoms with Crippen molar-refractivity contribution in [2.45, 2.75) is 6.61 Å². The number of rotatable bonds is 8. The SMILES string of the molecule is COc1ccc(NC(=O)/C(C#N)=C\c2cc(I)c(OCc3ccc4c(c3)OCO4)c(OC)c2)cc1. The number of anilines is 1. The zero-order valence-corrected chi connectivity index (χ0v) is 21.1. The number of fused-ring (bicyclic) bond motifs is 1. The maximum Gasteiger partial charge on any atom is 0.266 e. The van der Waals surface area contributed by atoms with Crippen molar-refractivity contribution in [1.82, 2.24) is 0 Å². The molecule has 1 N–H and O–H groups in total. The molecule has 9 heteroatoms. The third-order valence-electron chi connectivity index (χ3n) is 5.10. The second kappa shape index (κ2) is 11.0. The fraction of sp³-hybridized carbons (Fsp3) is 0.154. The lowest BCUT2D eigenvalue weighted by molar-refractivity contribution is -0.112. The van der Waals surface area contributed by atoms with E-state index in [1.807, 2.05) is 30.3 Å². The molecule has 1 aliphatic heterocycles. The van der Waals surface area contributed by atoms with Gasteiger partial charge >= 0.3 is 0 Å². The first kappa shape index (κ1) is 24.2. The molecular weight excluding hydrogens is 563 g/mol. The molecule has 0 aliphatic carbocycles. The van der Waals surface area contributed by atoms with Crippen molar-refractivity contribution in [3.8, 4) is 34.8 Å². The molecule has 0 bridgehead atoms. The number of ether oxygens (including phenoxy) is 5. The number of nitriles is 1. The molecule has 0 saturated heterocycles. The van der Waals surface area contributed by atoms with Crippen LogP contribution < -0.4 is 29.0 Å². The van der Waals surface area contributed by atoms with E-state index in [2.05, 4.69) is 27.9 Å². The van der Waals surface area contributed by atoms with E-state index >= 15 is 0 Å². The quantitative estimate of drug-likeness (QED) is 0.222. The highest BCUT2D eigenvalue weighted by atomic mass is 127. The molecule has 178 valence electrons. The number of hydrogen-bond acceptors (Lipinski definition) is 7. The normalized spacial score (nSPS) is 12.0. The summed E-state index contributed by atoms with van der Waals surface area (Å²) < 4.78 is 28.2. The molecule has 1 aliphatic rings. The van der Waals surface area contributed by atoms with Crippen molar-refractivity contribution in [2.75, 3.05) is 26.3 Å². The smallest absolute Gasteiger partial charge is 0.266 e. The minimum Gasteiger partial charge on any atom is -0.497 e. The number of amides is 1. The highest BCUT2D eigenvalue weighted by Gasteiger charge is 2.16. The Labute approximate surface area is 216 Å². The Morgan fingerprint density at radius 3 is 2.57 bits per heavy atom. The van der Waals surface area contributed by atoms with E-state index in [0.29, 0.717) is 46.6 Å². The van der Waals surface area contributed by atoms with Crippen LogP contribution in [0, 0.1) is 14.9 Å². The summed E-state index contributed by atoms with van der Waals surface area (Å²) in [7, 11) is 3.10. The molecule has 0 fully saturated rings. The van der Waals surface area contributed by atoms with Crippen LogP contribution in [0.5, 0.6) is 28.7 Å². The molecule has 35 heavy (non-hydrogen) atoms. The van der Waals surface area contributed by atoms with Gasteiger partial charge in [-0.1, -0.05) is 6.07 Å². The van der Waals surface area contributed by atoms with Crippen LogP contribution >= 0.6 is 22.6 Å². The average molecular weight is 584 g/mol. The van der Waals surface area contributed by atoms with Crippen molar-refractivity contribution < 1.29 is 28.5 Å². The number of hydrogen-bond donors (Lipinski definition) is 1. The highest BCUT2D eigenvalue weighted by Crippen LogP contribution is 2.37. The summed E-state index contributed by atoms with van der Waals surface area (Å²) in [4.78, 5) is 12.6. The molecule has 0 spiro atoms. The Hall–Kier alpha value is -3.91. The molecule has 4 rings (SSSR count). The summed E-state index contributed by atoms with van der Waals surface area (Å²) in [5.74, 6) is 2.59. The van der Waals surface area contributed by atoms with Crippen LogP contribution in [0.4, 0.5) is 5.69 Å². The lowest BCUT2D eigenvalue weighted by Crippen LogP contribution is -2.13. The van der Waals surface area contributed by atoms with Crippen molar-refractivity contribution in [1.29, 1.82) is 5.26 Å². The summed E-state index contributed by atoms with van der Waals surface area (Å²) in [5.41, 5.74) is 2.05. The lowest BCUT2D eigenvalue weighted by atomic mass is 10.1. The molecule has 0 saturated carbocycles. The van der Waals surface area contributed by atoms with E-state index in [1.165, 1.54) is 13.2 Å². The molecular formula is C26H21IN2O6. The molecule has 3 aromatic rings. The number of nitrogens with one attached hydrogen (secondary N) is 1. The Morgan fingerprint density at radius 1 is 1.09 bits per heavy atom. The van der Waals surface area contributed by atoms with Gasteiger partial charge in [-0.15, -0.1) is 0 Å². The minimum atomic E-state index is -0.519. The first-order chi connectivity index (χ1) is 17.0. The molecule has 0 unspecified atom stereocenters. The summed E-state index contributed by atoms with van der Waals surface area (Å²) >= 11 is 2.13. The fourth-order valence-electron chi connectivity index (χ4n) is 3.34. The van der Waals surface area contributed by atoms with E-state index < -0.39 is 5.91 Å². The van der Waals surface area contributed by atoms with E-state index in [4.69, 9.17) is 23.7 Å². The Bertz CT molecular complexity index is 1310. The second-order valence-electron chi connectivity index (χ2n) is 7.36. The first-order valence-electron chi connectivity index (χ1n) is 10.5. The minimum absolute atomic E-state index is 0.0484. The second-order valence-corrected chi connectivity index (χ2v) is 8.53. The van der Waals surface area contributed by atoms with Crippen LogP contribution in [-0.2, 0) is 11.4 Å². The van der Waals surface area contributed by atoms with Crippen LogP contribution in [0.1, 0.15) is 11.1 Å². The molecule has 3 aromatic carbocycles. The third kappa shape index (κ3) is 5.78. The predicted molar refractivity (Wildman–Crippen MR) is 138 cm³/mol. The molecule has 8 nitrogen and oxygen atoms in total. The molecule has 1 heterocycles. The fourth-order valence-corrected chi connectivity index (χ4v) is 4.12. The summed E-state index contributed by atoms with van der Waals surface area (Å²) in [6, 6.07) is 18.0. The number of nitrogens with zero attached hydrogens (tertiary/aromatic N) is 1. The molecule has 1 amide bonds. The highest BCUT2D eigenvalue weighted by molar-refractivity contribution is 14.1. The van der Waals surface area contributed by atoms with E-state index in [9.17, 15) is 10.1 Å². The van der Waals surface area contributed by atoms with Gasteiger partial charge in [0.15, 0.2) is 23.0 Å². The summed E-state index contributed by atoms with van der Waals surface area (Å²) in [6.45, 7) is 0.509. The summed E-state index contributed by atoms with van der Waals surface area (Å²) in [5, 5.41) is 12.3. The zero-order chi connectivity index (χ0) is 24.8. The van der Waals surface area contributed by atoms with Gasteiger partial charge in [-0.05, 0) is 88.3 Å². The van der Waals surface area contributed by atoms with Crippen molar-refractivity contribution in [2.24, 2.45) is 0 Å². The Morgan fingerprint density at radius 2 is 1.86 bits per heavy atom. The van der Waals surface area contributed by atoms with Gasteiger partial charge in [0.05, 0.1) is 17.8 Å². The predicted octanol–water partition coefficient (Wildman–Crippen LogP) is 5.16. The van der Waals surface area contributed by atoms with E-state index in [1.54, 1.807) is 37.4 Å². The van der Waals surface area contributed by atoms with Gasteiger partial charge in [-0.3, -0.25) is 4.79 Å². The largest absolute Gasteiger partial charge is 0.497 e. The first-order valence-corrected chi connectivity index (χ1v) is 11.5. The number of halogens is 1. The van der Waals surface area contributed by atoms with Gasteiger partial charge in [0.1, 0.15) is 24.0 Å². The van der Waals surface area contributed by atoms with Crippen LogP contribution in [0.2, 0.25) is 0 Å². The van der Waals surface area contributed by atoms with E-state index in [-0.39, 0.29) is 12.4 Å². The van der Waals surface area contributed by atoms with Gasteiger partial charge in [-0.2, -0.15) is 5.26 Å². The average Bonchev–Trinajstić information content (AvgIpc) is 3.34. The van der Waals surface area contributed by atoms with Gasteiger partial charge in [0, 0.05) is 5.69 Å². The van der Waals surface area contributed by atoms with Gasteiger partial charge < -0.3 is 29.0 Å². The molecule has 0 aromatic heterocycles. The van der Waals surface area contributed by atoms with Crippen LogP contribution in [0.25, 0.3) is 6.08 Å². The van der Waals surface area contributed by atoms with Crippen molar-refractivity contribution in [3.63, 3.8) is 0 Å². The summed E-state index contributed by atoms with van der Waals surface area (Å²) in [6.07, 6.45) is 1.51. The maximum atomic E-state index is 12.6. The number of benzene rings is 3. The number of carbonyl (C=O) groups is 1. The van der Waals surface area contributed by atoms with E-state index in [0.717, 1.165) is 9.13 Å². The van der Waals surface area contributed by atoms with Gasteiger partial charge in [0.25, 0.3) is 5.91 Å². The third-order valence-corrected chi connectivity index (χ3v) is 5.90. The molecule has 0 atom stereocenters. The Kier molecular flexibility index (Phi) is 7.62. The monoisotopic (exact) mass is 584 g/mol. The number of carbonyl (C=O) groups excluding carboxylic acids is 1. The zero-order valence-electron chi connectivity index (χ0n) is 19.0. The Balaban J connectivity index is 1.50. The van der Waals surface area contributed by atoms with Crippen LogP contribution in [0.15, 0.2) is 60.2 Å². The molecule has 0 radical (unpaired) electrons. The lowest BCUT2D eigenvalue weighted by Gasteiger charge is -2.14. The van der Waals surface area contributed by atoms with Crippen molar-refractivity contribution >= 4 is 40.3 Å². The van der Waals surface area contributed by atoms with Crippen molar-refractivity contribution in [3.05, 3.63) is 74.9 Å².